The van der Waals surface area contributed by atoms with Crippen LogP contribution in [0.3, 0.4) is 0 Å². The van der Waals surface area contributed by atoms with Gasteiger partial charge in [-0.1, -0.05) is 18.2 Å². The molecule has 6 heteroatoms. The number of hydrogen-bond donors (Lipinski definition) is 1. The lowest BCUT2D eigenvalue weighted by atomic mass is 10.1. The summed E-state index contributed by atoms with van der Waals surface area (Å²) in [6.45, 7) is 6.04. The molecule has 0 radical (unpaired) electrons. The maximum atomic E-state index is 12.6. The molecule has 0 aliphatic carbocycles. The van der Waals surface area contributed by atoms with Crippen LogP contribution in [0.1, 0.15) is 31.0 Å². The van der Waals surface area contributed by atoms with E-state index in [-0.39, 0.29) is 4.90 Å². The van der Waals surface area contributed by atoms with E-state index in [9.17, 15) is 8.42 Å². The third-order valence-corrected chi connectivity index (χ3v) is 5.23. The maximum absolute atomic E-state index is 12.6. The number of benzene rings is 2. The second-order valence-corrected chi connectivity index (χ2v) is 7.16. The van der Waals surface area contributed by atoms with E-state index < -0.39 is 16.1 Å². The van der Waals surface area contributed by atoms with Gasteiger partial charge >= 0.3 is 0 Å². The van der Waals surface area contributed by atoms with Crippen molar-refractivity contribution < 1.29 is 17.9 Å². The molecule has 0 aliphatic heterocycles. The van der Waals surface area contributed by atoms with Gasteiger partial charge in [0.1, 0.15) is 11.5 Å². The van der Waals surface area contributed by atoms with Crippen molar-refractivity contribution >= 4 is 10.0 Å². The van der Waals surface area contributed by atoms with Crippen molar-refractivity contribution in [2.45, 2.75) is 31.7 Å². The summed E-state index contributed by atoms with van der Waals surface area (Å²) in [6, 6.07) is 11.8. The molecule has 1 N–H and O–H groups in total. The fourth-order valence-corrected chi connectivity index (χ4v) is 3.80. The molecule has 0 saturated heterocycles. The molecular weight excluding hydrogens is 326 g/mol. The van der Waals surface area contributed by atoms with Gasteiger partial charge in [0.15, 0.2) is 0 Å². The van der Waals surface area contributed by atoms with Crippen LogP contribution in [0.4, 0.5) is 0 Å². The second-order valence-electron chi connectivity index (χ2n) is 5.45. The summed E-state index contributed by atoms with van der Waals surface area (Å²) in [5.41, 5.74) is 1.57. The van der Waals surface area contributed by atoms with E-state index in [2.05, 4.69) is 4.72 Å². The lowest BCUT2D eigenvalue weighted by Crippen LogP contribution is -2.27. The highest BCUT2D eigenvalue weighted by molar-refractivity contribution is 7.89. The number of rotatable bonds is 7. The van der Waals surface area contributed by atoms with Crippen molar-refractivity contribution in [3.8, 4) is 11.5 Å². The molecule has 0 heterocycles. The summed E-state index contributed by atoms with van der Waals surface area (Å²) in [5.74, 6) is 1.34. The summed E-state index contributed by atoms with van der Waals surface area (Å²) in [6.07, 6.45) is 0. The van der Waals surface area contributed by atoms with Crippen molar-refractivity contribution in [3.05, 3.63) is 53.6 Å². The Bertz CT molecular complexity index is 802. The summed E-state index contributed by atoms with van der Waals surface area (Å²) in [5, 5.41) is 0. The second kappa shape index (κ2) is 7.68. The van der Waals surface area contributed by atoms with Crippen LogP contribution in [0.25, 0.3) is 0 Å². The zero-order chi connectivity index (χ0) is 17.7. The van der Waals surface area contributed by atoms with Crippen LogP contribution >= 0.6 is 0 Å². The molecular formula is C18H23NO4S. The molecule has 2 aromatic rings. The monoisotopic (exact) mass is 349 g/mol. The van der Waals surface area contributed by atoms with Crippen molar-refractivity contribution in [2.24, 2.45) is 0 Å². The Morgan fingerprint density at radius 1 is 1.12 bits per heavy atom. The lowest BCUT2D eigenvalue weighted by Gasteiger charge is -2.18. The van der Waals surface area contributed by atoms with Gasteiger partial charge in [0.25, 0.3) is 0 Å². The largest absolute Gasteiger partial charge is 0.496 e. The first-order chi connectivity index (χ1) is 11.4. The van der Waals surface area contributed by atoms with E-state index in [1.807, 2.05) is 32.0 Å². The molecule has 24 heavy (non-hydrogen) atoms. The van der Waals surface area contributed by atoms with Crippen LogP contribution in [0, 0.1) is 6.92 Å². The molecule has 0 aromatic heterocycles. The minimum Gasteiger partial charge on any atom is -0.496 e. The van der Waals surface area contributed by atoms with Gasteiger partial charge in [-0.15, -0.1) is 0 Å². The summed E-state index contributed by atoms with van der Waals surface area (Å²) in [4.78, 5) is 0.213. The van der Waals surface area contributed by atoms with E-state index >= 15 is 0 Å². The number of hydrogen-bond acceptors (Lipinski definition) is 4. The van der Waals surface area contributed by atoms with Gasteiger partial charge in [-0.2, -0.15) is 0 Å². The quantitative estimate of drug-likeness (QED) is 0.832. The van der Waals surface area contributed by atoms with E-state index in [1.54, 1.807) is 38.3 Å². The highest BCUT2D eigenvalue weighted by Crippen LogP contribution is 2.27. The van der Waals surface area contributed by atoms with Gasteiger partial charge in [-0.05, 0) is 50.6 Å². The molecule has 1 unspecified atom stereocenters. The zero-order valence-electron chi connectivity index (χ0n) is 14.4. The lowest BCUT2D eigenvalue weighted by molar-refractivity contribution is 0.337. The first kappa shape index (κ1) is 18.3. The number of methoxy groups -OCH3 is 1. The number of para-hydroxylation sites is 1. The molecule has 0 aliphatic rings. The number of nitrogens with one attached hydrogen (secondary N) is 1. The third kappa shape index (κ3) is 4.07. The van der Waals surface area contributed by atoms with Gasteiger partial charge in [0.2, 0.25) is 10.0 Å². The molecule has 0 fully saturated rings. The average molecular weight is 349 g/mol. The highest BCUT2D eigenvalue weighted by atomic mass is 32.2. The Hall–Kier alpha value is -2.05. The topological polar surface area (TPSA) is 64.6 Å². The number of ether oxygens (including phenoxy) is 2. The Morgan fingerprint density at radius 2 is 1.83 bits per heavy atom. The van der Waals surface area contributed by atoms with E-state index in [0.29, 0.717) is 18.1 Å². The highest BCUT2D eigenvalue weighted by Gasteiger charge is 2.21. The predicted octanol–water partition coefficient (Wildman–Crippen LogP) is 3.44. The van der Waals surface area contributed by atoms with Gasteiger partial charge in [0.05, 0.1) is 18.6 Å². The molecule has 130 valence electrons. The maximum Gasteiger partial charge on any atom is 0.241 e. The van der Waals surface area contributed by atoms with Crippen LogP contribution in [0.15, 0.2) is 47.4 Å². The van der Waals surface area contributed by atoms with Crippen molar-refractivity contribution in [1.29, 1.82) is 0 Å². The fourth-order valence-electron chi connectivity index (χ4n) is 2.49. The third-order valence-electron chi connectivity index (χ3n) is 3.69. The Morgan fingerprint density at radius 3 is 2.46 bits per heavy atom. The normalized spacial score (nSPS) is 12.7. The van der Waals surface area contributed by atoms with Gasteiger partial charge in [-0.3, -0.25) is 0 Å². The molecule has 2 rings (SSSR count). The predicted molar refractivity (Wildman–Crippen MR) is 94.1 cm³/mol. The summed E-state index contributed by atoms with van der Waals surface area (Å²) >= 11 is 0. The van der Waals surface area contributed by atoms with Crippen LogP contribution in [-0.2, 0) is 10.0 Å². The minimum absolute atomic E-state index is 0.213. The minimum atomic E-state index is -3.65. The molecule has 1 atom stereocenters. The van der Waals surface area contributed by atoms with E-state index in [1.165, 1.54) is 0 Å². The molecule has 0 saturated carbocycles. The molecule has 5 nitrogen and oxygen atoms in total. The summed E-state index contributed by atoms with van der Waals surface area (Å²) < 4.78 is 38.7. The van der Waals surface area contributed by atoms with E-state index in [0.717, 1.165) is 11.1 Å². The molecule has 0 bridgehead atoms. The number of sulfonamides is 1. The first-order valence-corrected chi connectivity index (χ1v) is 9.26. The van der Waals surface area contributed by atoms with E-state index in [4.69, 9.17) is 9.47 Å². The zero-order valence-corrected chi connectivity index (χ0v) is 15.2. The fraction of sp³-hybridized carbons (Fsp3) is 0.333. The molecule has 0 amide bonds. The van der Waals surface area contributed by atoms with Crippen LogP contribution < -0.4 is 14.2 Å². The van der Waals surface area contributed by atoms with Crippen LogP contribution in [-0.4, -0.2) is 22.1 Å². The average Bonchev–Trinajstić information content (AvgIpc) is 2.56. The summed E-state index contributed by atoms with van der Waals surface area (Å²) in [7, 11) is -2.08. The number of aryl methyl sites for hydroxylation is 1. The van der Waals surface area contributed by atoms with Crippen LogP contribution in [0.2, 0.25) is 0 Å². The van der Waals surface area contributed by atoms with Gasteiger partial charge in [-0.25, -0.2) is 13.1 Å². The Balaban J connectivity index is 2.26. The van der Waals surface area contributed by atoms with Gasteiger partial charge < -0.3 is 9.47 Å². The standard InChI is InChI=1S/C18H23NO4S/c1-5-23-17-11-10-15(12-13(17)2)24(20,21)19-14(3)16-8-6-7-9-18(16)22-4/h6-12,14,19H,5H2,1-4H3. The molecule has 2 aromatic carbocycles. The Kier molecular flexibility index (Phi) is 5.85. The first-order valence-electron chi connectivity index (χ1n) is 7.77. The van der Waals surface area contributed by atoms with Crippen LogP contribution in [0.5, 0.6) is 11.5 Å². The van der Waals surface area contributed by atoms with Gasteiger partial charge in [0, 0.05) is 11.6 Å². The SMILES string of the molecule is CCOc1ccc(S(=O)(=O)NC(C)c2ccccc2OC)cc1C. The smallest absolute Gasteiger partial charge is 0.241 e. The van der Waals surface area contributed by atoms with Crippen molar-refractivity contribution in [1.82, 2.24) is 4.72 Å². The molecule has 0 spiro atoms. The Labute approximate surface area is 143 Å². The van der Waals surface area contributed by atoms with Crippen molar-refractivity contribution in [2.75, 3.05) is 13.7 Å². The van der Waals surface area contributed by atoms with Crippen molar-refractivity contribution in [3.63, 3.8) is 0 Å².